The maximum atomic E-state index is 6.23. The molecule has 5 heteroatoms. The first-order valence-electron chi connectivity index (χ1n) is 6.60. The van der Waals surface area contributed by atoms with Crippen LogP contribution in [-0.2, 0) is 19.5 Å². The molecule has 0 saturated heterocycles. The number of aromatic nitrogens is 2. The molecule has 2 heterocycles. The highest BCUT2D eigenvalue weighted by Gasteiger charge is 2.19. The van der Waals surface area contributed by atoms with Crippen LogP contribution < -0.4 is 0 Å². The Bertz CT molecular complexity index is 623. The number of aryl methyl sites for hydroxylation is 1. The van der Waals surface area contributed by atoms with E-state index in [0.29, 0.717) is 0 Å². The Hall–Kier alpha value is -1.16. The predicted molar refractivity (Wildman–Crippen MR) is 81.0 cm³/mol. The van der Waals surface area contributed by atoms with Gasteiger partial charge in [0.25, 0.3) is 0 Å². The number of fused-ring (bicyclic) bond motifs is 1. The van der Waals surface area contributed by atoms with Gasteiger partial charge < -0.3 is 0 Å². The van der Waals surface area contributed by atoms with Crippen LogP contribution >= 0.6 is 23.2 Å². The fourth-order valence-electron chi connectivity index (χ4n) is 2.52. The average Bonchev–Trinajstić information content (AvgIpc) is 2.43. The topological polar surface area (TPSA) is 29.0 Å². The summed E-state index contributed by atoms with van der Waals surface area (Å²) in [6.45, 7) is 4.49. The molecule has 3 rings (SSSR count). The van der Waals surface area contributed by atoms with Gasteiger partial charge in [-0.25, -0.2) is 9.97 Å². The minimum absolute atomic E-state index is 0.725. The van der Waals surface area contributed by atoms with Crippen molar-refractivity contribution in [3.63, 3.8) is 0 Å². The van der Waals surface area contributed by atoms with E-state index in [0.717, 1.165) is 47.5 Å². The van der Waals surface area contributed by atoms with Gasteiger partial charge in [0, 0.05) is 59.1 Å². The highest BCUT2D eigenvalue weighted by Crippen LogP contribution is 2.27. The average molecular weight is 308 g/mol. The summed E-state index contributed by atoms with van der Waals surface area (Å²) in [4.78, 5) is 11.1. The van der Waals surface area contributed by atoms with Crippen molar-refractivity contribution in [2.75, 3.05) is 6.54 Å². The van der Waals surface area contributed by atoms with E-state index in [1.54, 1.807) is 0 Å². The maximum Gasteiger partial charge on any atom is 0.125 e. The van der Waals surface area contributed by atoms with Crippen LogP contribution in [0.4, 0.5) is 0 Å². The van der Waals surface area contributed by atoms with Gasteiger partial charge in [0.1, 0.15) is 5.82 Å². The molecule has 20 heavy (non-hydrogen) atoms. The van der Waals surface area contributed by atoms with E-state index in [4.69, 9.17) is 23.2 Å². The molecule has 2 aromatic rings. The highest BCUT2D eigenvalue weighted by atomic mass is 35.5. The van der Waals surface area contributed by atoms with E-state index < -0.39 is 0 Å². The van der Waals surface area contributed by atoms with Crippen LogP contribution in [0.15, 0.2) is 24.4 Å². The molecule has 0 N–H and O–H groups in total. The van der Waals surface area contributed by atoms with Crippen molar-refractivity contribution in [1.82, 2.24) is 14.9 Å². The summed E-state index contributed by atoms with van der Waals surface area (Å²) in [6.07, 6.45) is 2.87. The molecule has 0 bridgehead atoms. The third-order valence-corrected chi connectivity index (χ3v) is 4.29. The van der Waals surface area contributed by atoms with Crippen LogP contribution in [-0.4, -0.2) is 21.4 Å². The zero-order chi connectivity index (χ0) is 14.1. The van der Waals surface area contributed by atoms with Gasteiger partial charge in [-0.15, -0.1) is 0 Å². The van der Waals surface area contributed by atoms with Crippen LogP contribution in [0.2, 0.25) is 10.0 Å². The summed E-state index contributed by atoms with van der Waals surface area (Å²) in [5, 5.41) is 1.45. The number of halogens is 2. The quantitative estimate of drug-likeness (QED) is 0.848. The van der Waals surface area contributed by atoms with Crippen LogP contribution in [0.5, 0.6) is 0 Å². The first-order chi connectivity index (χ1) is 9.63. The van der Waals surface area contributed by atoms with Crippen molar-refractivity contribution < 1.29 is 0 Å². The van der Waals surface area contributed by atoms with Crippen molar-refractivity contribution in [3.8, 4) is 0 Å². The molecule has 1 aromatic carbocycles. The number of nitrogens with zero attached hydrogens (tertiary/aromatic N) is 3. The summed E-state index contributed by atoms with van der Waals surface area (Å²) in [7, 11) is 0. The smallest absolute Gasteiger partial charge is 0.125 e. The lowest BCUT2D eigenvalue weighted by Gasteiger charge is -2.28. The van der Waals surface area contributed by atoms with Crippen LogP contribution in [0.3, 0.4) is 0 Å². The lowest BCUT2D eigenvalue weighted by Crippen LogP contribution is -2.31. The first kappa shape index (κ1) is 13.8. The Balaban J connectivity index is 1.79. The molecule has 0 radical (unpaired) electrons. The van der Waals surface area contributed by atoms with Gasteiger partial charge in [0.05, 0.1) is 0 Å². The van der Waals surface area contributed by atoms with Gasteiger partial charge in [0.15, 0.2) is 0 Å². The van der Waals surface area contributed by atoms with E-state index in [2.05, 4.69) is 14.9 Å². The summed E-state index contributed by atoms with van der Waals surface area (Å²) in [5.41, 5.74) is 3.36. The Labute approximate surface area is 128 Å². The zero-order valence-corrected chi connectivity index (χ0v) is 12.7. The molecule has 1 aliphatic heterocycles. The zero-order valence-electron chi connectivity index (χ0n) is 11.2. The van der Waals surface area contributed by atoms with Crippen LogP contribution in [0, 0.1) is 6.92 Å². The molecular formula is C15H15Cl2N3. The Kier molecular flexibility index (Phi) is 3.92. The van der Waals surface area contributed by atoms with Gasteiger partial charge in [-0.05, 0) is 19.1 Å². The standard InChI is InChI=1S/C15H15Cl2N3/c1-10-18-7-11-8-20(6-5-15(11)19-10)9-12-13(16)3-2-4-14(12)17/h2-4,7H,5-6,8-9H2,1H3. The molecule has 104 valence electrons. The number of rotatable bonds is 2. The second-order valence-electron chi connectivity index (χ2n) is 5.05. The van der Waals surface area contributed by atoms with E-state index in [1.165, 1.54) is 11.3 Å². The lowest BCUT2D eigenvalue weighted by atomic mass is 10.1. The first-order valence-corrected chi connectivity index (χ1v) is 7.35. The van der Waals surface area contributed by atoms with Gasteiger partial charge in [-0.2, -0.15) is 0 Å². The largest absolute Gasteiger partial charge is 0.294 e. The molecule has 0 atom stereocenters. The molecule has 0 saturated carbocycles. The third-order valence-electron chi connectivity index (χ3n) is 3.58. The molecule has 1 aromatic heterocycles. The molecule has 1 aliphatic rings. The fraction of sp³-hybridized carbons (Fsp3) is 0.333. The second kappa shape index (κ2) is 5.68. The highest BCUT2D eigenvalue weighted by molar-refractivity contribution is 6.35. The Morgan fingerprint density at radius 3 is 2.75 bits per heavy atom. The van der Waals surface area contributed by atoms with Crippen molar-refractivity contribution >= 4 is 23.2 Å². The van der Waals surface area contributed by atoms with Crippen molar-refractivity contribution in [1.29, 1.82) is 0 Å². The number of benzene rings is 1. The van der Waals surface area contributed by atoms with E-state index in [1.807, 2.05) is 31.3 Å². The molecule has 0 unspecified atom stereocenters. The van der Waals surface area contributed by atoms with Crippen molar-refractivity contribution in [2.45, 2.75) is 26.4 Å². The van der Waals surface area contributed by atoms with E-state index in [-0.39, 0.29) is 0 Å². The Morgan fingerprint density at radius 1 is 1.25 bits per heavy atom. The van der Waals surface area contributed by atoms with Gasteiger partial charge >= 0.3 is 0 Å². The minimum atomic E-state index is 0.725. The van der Waals surface area contributed by atoms with E-state index >= 15 is 0 Å². The van der Waals surface area contributed by atoms with Gasteiger partial charge in [-0.1, -0.05) is 29.3 Å². The third kappa shape index (κ3) is 2.80. The fourth-order valence-corrected chi connectivity index (χ4v) is 3.03. The minimum Gasteiger partial charge on any atom is -0.294 e. The molecule has 0 amide bonds. The summed E-state index contributed by atoms with van der Waals surface area (Å²) < 4.78 is 0. The second-order valence-corrected chi connectivity index (χ2v) is 5.86. The van der Waals surface area contributed by atoms with Gasteiger partial charge in [-0.3, -0.25) is 4.90 Å². The van der Waals surface area contributed by atoms with Gasteiger partial charge in [0.2, 0.25) is 0 Å². The normalized spacial score (nSPS) is 15.2. The monoisotopic (exact) mass is 307 g/mol. The summed E-state index contributed by atoms with van der Waals surface area (Å²) in [6, 6.07) is 5.64. The van der Waals surface area contributed by atoms with Crippen molar-refractivity contribution in [2.24, 2.45) is 0 Å². The van der Waals surface area contributed by atoms with Crippen molar-refractivity contribution in [3.05, 3.63) is 57.1 Å². The van der Waals surface area contributed by atoms with E-state index in [9.17, 15) is 0 Å². The maximum absolute atomic E-state index is 6.23. The predicted octanol–water partition coefficient (Wildman–Crippen LogP) is 3.65. The molecule has 0 spiro atoms. The SMILES string of the molecule is Cc1ncc2c(n1)CCN(Cc1c(Cl)cccc1Cl)C2. The number of hydrogen-bond donors (Lipinski definition) is 0. The summed E-state index contributed by atoms with van der Waals surface area (Å²) >= 11 is 12.5. The number of hydrogen-bond acceptors (Lipinski definition) is 3. The molecule has 0 aliphatic carbocycles. The Morgan fingerprint density at radius 2 is 2.00 bits per heavy atom. The lowest BCUT2D eigenvalue weighted by molar-refractivity contribution is 0.243. The molecule has 0 fully saturated rings. The van der Waals surface area contributed by atoms with Crippen LogP contribution in [0.1, 0.15) is 22.6 Å². The summed E-state index contributed by atoms with van der Waals surface area (Å²) in [5.74, 6) is 0.839. The molecule has 3 nitrogen and oxygen atoms in total. The van der Waals surface area contributed by atoms with Crippen LogP contribution in [0.25, 0.3) is 0 Å². The molecular weight excluding hydrogens is 293 g/mol.